The summed E-state index contributed by atoms with van der Waals surface area (Å²) >= 11 is 5.92. The van der Waals surface area contributed by atoms with Crippen LogP contribution in [0, 0.1) is 0 Å². The highest BCUT2D eigenvalue weighted by Gasteiger charge is 2.23. The second-order valence-corrected chi connectivity index (χ2v) is 6.77. The van der Waals surface area contributed by atoms with Crippen molar-refractivity contribution in [3.63, 3.8) is 0 Å². The maximum atomic E-state index is 12.3. The minimum Gasteiger partial charge on any atom is -0.493 e. The highest BCUT2D eigenvalue weighted by Crippen LogP contribution is 2.18. The number of nitrogens with zero attached hydrogens (tertiary/aromatic N) is 2. The lowest BCUT2D eigenvalue weighted by atomic mass is 10.0. The summed E-state index contributed by atoms with van der Waals surface area (Å²) in [7, 11) is 1.99. The minimum atomic E-state index is 0.246. The van der Waals surface area contributed by atoms with E-state index in [9.17, 15) is 4.79 Å². The number of halogens is 1. The number of hydrogen-bond donors (Lipinski definition) is 0. The number of amides is 1. The van der Waals surface area contributed by atoms with E-state index in [1.54, 1.807) is 0 Å². The van der Waals surface area contributed by atoms with Gasteiger partial charge in [-0.2, -0.15) is 0 Å². The summed E-state index contributed by atoms with van der Waals surface area (Å²) in [6.07, 6.45) is 4.38. The summed E-state index contributed by atoms with van der Waals surface area (Å²) in [6, 6.07) is 7.80. The van der Waals surface area contributed by atoms with E-state index in [0.29, 0.717) is 24.2 Å². The van der Waals surface area contributed by atoms with Crippen molar-refractivity contribution in [2.24, 2.45) is 0 Å². The Hall–Kier alpha value is -1.26. The van der Waals surface area contributed by atoms with Gasteiger partial charge >= 0.3 is 0 Å². The van der Waals surface area contributed by atoms with E-state index >= 15 is 0 Å². The SMILES string of the molecule is CC1CCCCN1C(=O)CN(C)CCCOc1cccc(Cl)c1. The maximum Gasteiger partial charge on any atom is 0.236 e. The maximum absolute atomic E-state index is 12.3. The van der Waals surface area contributed by atoms with Crippen LogP contribution < -0.4 is 4.74 Å². The monoisotopic (exact) mass is 338 g/mol. The Morgan fingerprint density at radius 3 is 3.00 bits per heavy atom. The zero-order chi connectivity index (χ0) is 16.7. The van der Waals surface area contributed by atoms with E-state index in [-0.39, 0.29) is 5.91 Å². The minimum absolute atomic E-state index is 0.246. The lowest BCUT2D eigenvalue weighted by Crippen LogP contribution is -2.46. The molecule has 1 fully saturated rings. The van der Waals surface area contributed by atoms with Crippen LogP contribution in [0.5, 0.6) is 5.75 Å². The third-order valence-corrected chi connectivity index (χ3v) is 4.51. The Labute approximate surface area is 144 Å². The lowest BCUT2D eigenvalue weighted by molar-refractivity contribution is -0.135. The summed E-state index contributed by atoms with van der Waals surface area (Å²) in [5, 5.41) is 0.681. The molecule has 0 aromatic heterocycles. The first-order valence-corrected chi connectivity index (χ1v) is 8.80. The third kappa shape index (κ3) is 6.04. The number of likely N-dealkylation sites (tertiary alicyclic amines) is 1. The van der Waals surface area contributed by atoms with E-state index in [1.165, 1.54) is 6.42 Å². The largest absolute Gasteiger partial charge is 0.493 e. The number of benzene rings is 1. The average molecular weight is 339 g/mol. The molecule has 1 amide bonds. The summed E-state index contributed by atoms with van der Waals surface area (Å²) in [4.78, 5) is 16.5. The Morgan fingerprint density at radius 1 is 1.43 bits per heavy atom. The van der Waals surface area contributed by atoms with Gasteiger partial charge in [-0.25, -0.2) is 0 Å². The number of rotatable bonds is 7. The Bertz CT molecular complexity index is 510. The normalized spacial score (nSPS) is 18.3. The van der Waals surface area contributed by atoms with Crippen molar-refractivity contribution < 1.29 is 9.53 Å². The van der Waals surface area contributed by atoms with E-state index in [0.717, 1.165) is 38.1 Å². The van der Waals surface area contributed by atoms with Gasteiger partial charge in [-0.15, -0.1) is 0 Å². The van der Waals surface area contributed by atoms with Gasteiger partial charge < -0.3 is 9.64 Å². The zero-order valence-electron chi connectivity index (χ0n) is 14.1. The van der Waals surface area contributed by atoms with Crippen LogP contribution in [-0.2, 0) is 4.79 Å². The Morgan fingerprint density at radius 2 is 2.26 bits per heavy atom. The molecule has 128 valence electrons. The molecule has 1 aromatic rings. The first kappa shape index (κ1) is 18.1. The summed E-state index contributed by atoms with van der Waals surface area (Å²) in [6.45, 7) is 5.01. The molecule has 1 heterocycles. The van der Waals surface area contributed by atoms with E-state index in [1.807, 2.05) is 36.2 Å². The molecule has 4 nitrogen and oxygen atoms in total. The van der Waals surface area contributed by atoms with Gasteiger partial charge in [0, 0.05) is 24.2 Å². The highest BCUT2D eigenvalue weighted by molar-refractivity contribution is 6.30. The van der Waals surface area contributed by atoms with Crippen molar-refractivity contribution in [3.8, 4) is 5.75 Å². The molecule has 23 heavy (non-hydrogen) atoms. The predicted octanol–water partition coefficient (Wildman–Crippen LogP) is 3.44. The molecule has 0 N–H and O–H groups in total. The van der Waals surface area contributed by atoms with Crippen molar-refractivity contribution >= 4 is 17.5 Å². The molecule has 0 aliphatic carbocycles. The predicted molar refractivity (Wildman–Crippen MR) is 94.1 cm³/mol. The topological polar surface area (TPSA) is 32.8 Å². The van der Waals surface area contributed by atoms with Gasteiger partial charge in [0.05, 0.1) is 13.2 Å². The van der Waals surface area contributed by atoms with Crippen molar-refractivity contribution in [1.29, 1.82) is 0 Å². The number of carbonyl (C=O) groups excluding carboxylic acids is 1. The van der Waals surface area contributed by atoms with Crippen LogP contribution in [0.25, 0.3) is 0 Å². The van der Waals surface area contributed by atoms with Crippen LogP contribution >= 0.6 is 11.6 Å². The fraction of sp³-hybridized carbons (Fsp3) is 0.611. The molecule has 0 saturated carbocycles. The Kier molecular flexibility index (Phi) is 7.18. The molecule has 1 unspecified atom stereocenters. The molecule has 0 spiro atoms. The van der Waals surface area contributed by atoms with Crippen molar-refractivity contribution in [2.75, 3.05) is 33.3 Å². The molecule has 1 atom stereocenters. The first-order chi connectivity index (χ1) is 11.1. The summed E-state index contributed by atoms with van der Waals surface area (Å²) in [5.74, 6) is 1.04. The fourth-order valence-corrected chi connectivity index (χ4v) is 3.13. The molecule has 5 heteroatoms. The van der Waals surface area contributed by atoms with Gasteiger partial charge in [0.2, 0.25) is 5.91 Å². The molecule has 0 radical (unpaired) electrons. The van der Waals surface area contributed by atoms with Gasteiger partial charge in [-0.05, 0) is 57.9 Å². The molecule has 0 bridgehead atoms. The van der Waals surface area contributed by atoms with Gasteiger partial charge in [0.15, 0.2) is 0 Å². The molecule has 1 saturated heterocycles. The summed E-state index contributed by atoms with van der Waals surface area (Å²) < 4.78 is 5.67. The fourth-order valence-electron chi connectivity index (χ4n) is 2.95. The molecule has 2 rings (SSSR count). The van der Waals surface area contributed by atoms with Crippen LogP contribution in [0.2, 0.25) is 5.02 Å². The van der Waals surface area contributed by atoms with Crippen molar-refractivity contribution in [3.05, 3.63) is 29.3 Å². The second-order valence-electron chi connectivity index (χ2n) is 6.33. The van der Waals surface area contributed by atoms with E-state index < -0.39 is 0 Å². The van der Waals surface area contributed by atoms with E-state index in [2.05, 4.69) is 11.8 Å². The van der Waals surface area contributed by atoms with Gasteiger partial charge in [0.1, 0.15) is 5.75 Å². The van der Waals surface area contributed by atoms with Gasteiger partial charge in [0.25, 0.3) is 0 Å². The third-order valence-electron chi connectivity index (χ3n) is 4.28. The van der Waals surface area contributed by atoms with Crippen LogP contribution in [0.15, 0.2) is 24.3 Å². The molecular formula is C18H27ClN2O2. The van der Waals surface area contributed by atoms with Gasteiger partial charge in [-0.1, -0.05) is 17.7 Å². The first-order valence-electron chi connectivity index (χ1n) is 8.42. The van der Waals surface area contributed by atoms with Crippen molar-refractivity contribution in [2.45, 2.75) is 38.6 Å². The number of hydrogen-bond acceptors (Lipinski definition) is 3. The lowest BCUT2D eigenvalue weighted by Gasteiger charge is -2.34. The number of carbonyl (C=O) groups is 1. The van der Waals surface area contributed by atoms with Crippen LogP contribution in [0.3, 0.4) is 0 Å². The molecular weight excluding hydrogens is 312 g/mol. The quantitative estimate of drug-likeness (QED) is 0.714. The second kappa shape index (κ2) is 9.14. The summed E-state index contributed by atoms with van der Waals surface area (Å²) in [5.41, 5.74) is 0. The van der Waals surface area contributed by atoms with E-state index in [4.69, 9.17) is 16.3 Å². The molecule has 1 aromatic carbocycles. The Balaban J connectivity index is 1.64. The van der Waals surface area contributed by atoms with Crippen LogP contribution in [0.1, 0.15) is 32.6 Å². The highest BCUT2D eigenvalue weighted by atomic mass is 35.5. The molecule has 1 aliphatic heterocycles. The number of likely N-dealkylation sites (N-methyl/N-ethyl adjacent to an activating group) is 1. The van der Waals surface area contributed by atoms with Crippen LogP contribution in [0.4, 0.5) is 0 Å². The van der Waals surface area contributed by atoms with Gasteiger partial charge in [-0.3, -0.25) is 9.69 Å². The average Bonchev–Trinajstić information content (AvgIpc) is 2.52. The molecule has 1 aliphatic rings. The smallest absolute Gasteiger partial charge is 0.236 e. The number of ether oxygens (including phenoxy) is 1. The van der Waals surface area contributed by atoms with Crippen LogP contribution in [-0.4, -0.2) is 55.0 Å². The van der Waals surface area contributed by atoms with Crippen molar-refractivity contribution in [1.82, 2.24) is 9.80 Å². The zero-order valence-corrected chi connectivity index (χ0v) is 14.9. The standard InChI is InChI=1S/C18H27ClN2O2/c1-15-7-3-4-11-21(15)18(22)14-20(2)10-6-12-23-17-9-5-8-16(19)13-17/h5,8-9,13,15H,3-4,6-7,10-12,14H2,1-2H3. The number of piperidine rings is 1.